The van der Waals surface area contributed by atoms with Gasteiger partial charge in [-0.25, -0.2) is 0 Å². The van der Waals surface area contributed by atoms with Crippen molar-refractivity contribution in [2.45, 2.75) is 12.6 Å². The van der Waals surface area contributed by atoms with E-state index in [1.54, 1.807) is 0 Å². The molecule has 33 heavy (non-hydrogen) atoms. The van der Waals surface area contributed by atoms with Gasteiger partial charge in [0.05, 0.1) is 28.5 Å². The molecular formula is C25H29Cl2N5O. The molecule has 1 N–H and O–H groups in total. The molecular weight excluding hydrogens is 457 g/mol. The lowest BCUT2D eigenvalue weighted by atomic mass is 10.1. The second kappa shape index (κ2) is 10.5. The molecule has 5 rings (SSSR count). The SMILES string of the molecule is Clc1ccc(-c2cc(N3CCN(CC4CN(Cc5ccccc5)CCO4)CC3)n[nH]2)cc1Cl. The summed E-state index contributed by atoms with van der Waals surface area (Å²) in [6.07, 6.45) is 0.264. The second-order valence-corrected chi connectivity index (χ2v) is 9.58. The first-order chi connectivity index (χ1) is 16.1. The van der Waals surface area contributed by atoms with Crippen molar-refractivity contribution in [2.24, 2.45) is 0 Å². The number of nitrogens with zero attached hydrogens (tertiary/aromatic N) is 4. The lowest BCUT2D eigenvalue weighted by Crippen LogP contribution is -2.52. The summed E-state index contributed by atoms with van der Waals surface area (Å²) in [5.74, 6) is 0.971. The minimum Gasteiger partial charge on any atom is -0.374 e. The van der Waals surface area contributed by atoms with Crippen LogP contribution in [0.5, 0.6) is 0 Å². The maximum Gasteiger partial charge on any atom is 0.151 e. The highest BCUT2D eigenvalue weighted by atomic mass is 35.5. The van der Waals surface area contributed by atoms with Crippen LogP contribution in [-0.2, 0) is 11.3 Å². The Morgan fingerprint density at radius 2 is 1.73 bits per heavy atom. The fraction of sp³-hybridized carbons (Fsp3) is 0.400. The largest absolute Gasteiger partial charge is 0.374 e. The van der Waals surface area contributed by atoms with E-state index < -0.39 is 0 Å². The molecule has 0 bridgehead atoms. The van der Waals surface area contributed by atoms with E-state index in [1.165, 1.54) is 5.56 Å². The Morgan fingerprint density at radius 1 is 0.909 bits per heavy atom. The number of rotatable bonds is 6. The molecule has 3 aromatic rings. The third-order valence-electron chi connectivity index (χ3n) is 6.42. The van der Waals surface area contributed by atoms with Gasteiger partial charge in [-0.15, -0.1) is 0 Å². The number of nitrogens with one attached hydrogen (secondary N) is 1. The van der Waals surface area contributed by atoms with Crippen molar-refractivity contribution in [1.82, 2.24) is 20.0 Å². The summed E-state index contributed by atoms with van der Waals surface area (Å²) in [7, 11) is 0. The Morgan fingerprint density at radius 3 is 2.52 bits per heavy atom. The Kier molecular flexibility index (Phi) is 7.19. The van der Waals surface area contributed by atoms with Gasteiger partial charge in [-0.2, -0.15) is 5.10 Å². The Labute approximate surface area is 205 Å². The van der Waals surface area contributed by atoms with Crippen LogP contribution >= 0.6 is 23.2 Å². The highest BCUT2D eigenvalue weighted by molar-refractivity contribution is 6.42. The summed E-state index contributed by atoms with van der Waals surface area (Å²) in [6, 6.07) is 18.4. The lowest BCUT2D eigenvalue weighted by Gasteiger charge is -2.39. The number of ether oxygens (including phenoxy) is 1. The number of aromatic amines is 1. The standard InChI is InChI=1S/C25H29Cl2N5O/c26-22-7-6-20(14-23(22)27)24-15-25(29-28-24)32-10-8-30(9-11-32)17-21-18-31(12-13-33-21)16-19-4-2-1-3-5-19/h1-7,14-15,21H,8-13,16-18H2,(H,28,29). The van der Waals surface area contributed by atoms with Gasteiger partial charge in [0.25, 0.3) is 0 Å². The number of hydrogen-bond donors (Lipinski definition) is 1. The topological polar surface area (TPSA) is 47.6 Å². The molecule has 1 unspecified atom stereocenters. The first-order valence-electron chi connectivity index (χ1n) is 11.5. The van der Waals surface area contributed by atoms with Crippen molar-refractivity contribution in [3.63, 3.8) is 0 Å². The number of anilines is 1. The molecule has 0 amide bonds. The number of hydrogen-bond acceptors (Lipinski definition) is 5. The van der Waals surface area contributed by atoms with Crippen LogP contribution in [-0.4, -0.2) is 78.5 Å². The van der Waals surface area contributed by atoms with Gasteiger partial charge in [0, 0.05) is 64.0 Å². The predicted octanol–water partition coefficient (Wildman–Crippen LogP) is 4.41. The van der Waals surface area contributed by atoms with Gasteiger partial charge in [0.1, 0.15) is 0 Å². The molecule has 2 aliphatic rings. The first-order valence-corrected chi connectivity index (χ1v) is 12.3. The third kappa shape index (κ3) is 5.70. The molecule has 0 aliphatic carbocycles. The maximum atomic E-state index is 6.17. The van der Waals surface area contributed by atoms with E-state index in [2.05, 4.69) is 61.3 Å². The molecule has 8 heteroatoms. The number of halogens is 2. The molecule has 6 nitrogen and oxygen atoms in total. The van der Waals surface area contributed by atoms with Crippen molar-refractivity contribution >= 4 is 29.0 Å². The minimum absolute atomic E-state index is 0.264. The molecule has 2 aromatic carbocycles. The third-order valence-corrected chi connectivity index (χ3v) is 7.16. The Balaban J connectivity index is 1.12. The molecule has 0 saturated carbocycles. The van der Waals surface area contributed by atoms with E-state index >= 15 is 0 Å². The zero-order valence-electron chi connectivity index (χ0n) is 18.6. The first kappa shape index (κ1) is 22.7. The molecule has 2 saturated heterocycles. The zero-order chi connectivity index (χ0) is 22.6. The van der Waals surface area contributed by atoms with Crippen LogP contribution in [0.1, 0.15) is 5.56 Å². The number of aromatic nitrogens is 2. The summed E-state index contributed by atoms with van der Waals surface area (Å²) in [6.45, 7) is 8.69. The van der Waals surface area contributed by atoms with Gasteiger partial charge in [0.2, 0.25) is 0 Å². The summed E-state index contributed by atoms with van der Waals surface area (Å²) in [5, 5.41) is 8.77. The summed E-state index contributed by atoms with van der Waals surface area (Å²) in [4.78, 5) is 7.35. The minimum atomic E-state index is 0.264. The molecule has 2 aliphatic heterocycles. The molecule has 3 heterocycles. The van der Waals surface area contributed by atoms with Crippen LogP contribution < -0.4 is 4.90 Å². The molecule has 1 aromatic heterocycles. The van der Waals surface area contributed by atoms with Crippen LogP contribution in [0.25, 0.3) is 11.3 Å². The molecule has 174 valence electrons. The quantitative estimate of drug-likeness (QED) is 0.560. The molecule has 0 spiro atoms. The van der Waals surface area contributed by atoms with Crippen molar-refractivity contribution < 1.29 is 4.74 Å². The average molecular weight is 486 g/mol. The summed E-state index contributed by atoms with van der Waals surface area (Å²) < 4.78 is 6.10. The van der Waals surface area contributed by atoms with E-state index in [0.717, 1.165) is 76.0 Å². The summed E-state index contributed by atoms with van der Waals surface area (Å²) in [5.41, 5.74) is 3.29. The predicted molar refractivity (Wildman–Crippen MR) is 134 cm³/mol. The van der Waals surface area contributed by atoms with Gasteiger partial charge in [-0.3, -0.25) is 14.9 Å². The molecule has 1 atom stereocenters. The highest BCUT2D eigenvalue weighted by Gasteiger charge is 2.26. The van der Waals surface area contributed by atoms with Crippen LogP contribution in [0.15, 0.2) is 54.6 Å². The van der Waals surface area contributed by atoms with E-state index in [9.17, 15) is 0 Å². The van der Waals surface area contributed by atoms with Gasteiger partial charge in [-0.1, -0.05) is 59.6 Å². The lowest BCUT2D eigenvalue weighted by molar-refractivity contribution is -0.0463. The number of piperazine rings is 1. The molecule has 2 fully saturated rings. The summed E-state index contributed by atoms with van der Waals surface area (Å²) >= 11 is 12.2. The monoisotopic (exact) mass is 485 g/mol. The average Bonchev–Trinajstić information content (AvgIpc) is 3.33. The van der Waals surface area contributed by atoms with Crippen LogP contribution in [0.2, 0.25) is 10.0 Å². The second-order valence-electron chi connectivity index (χ2n) is 8.77. The van der Waals surface area contributed by atoms with Crippen molar-refractivity contribution in [3.05, 3.63) is 70.2 Å². The van der Waals surface area contributed by atoms with E-state index in [-0.39, 0.29) is 6.10 Å². The molecule has 0 radical (unpaired) electrons. The maximum absolute atomic E-state index is 6.17. The van der Waals surface area contributed by atoms with Gasteiger partial charge >= 0.3 is 0 Å². The van der Waals surface area contributed by atoms with Crippen LogP contribution in [0.3, 0.4) is 0 Å². The smallest absolute Gasteiger partial charge is 0.151 e. The van der Waals surface area contributed by atoms with Gasteiger partial charge in [-0.05, 0) is 17.7 Å². The fourth-order valence-electron chi connectivity index (χ4n) is 4.61. The van der Waals surface area contributed by atoms with Gasteiger partial charge in [0.15, 0.2) is 5.82 Å². The van der Waals surface area contributed by atoms with Crippen LogP contribution in [0.4, 0.5) is 5.82 Å². The van der Waals surface area contributed by atoms with Crippen molar-refractivity contribution in [3.8, 4) is 11.3 Å². The highest BCUT2D eigenvalue weighted by Crippen LogP contribution is 2.29. The van der Waals surface area contributed by atoms with Gasteiger partial charge < -0.3 is 9.64 Å². The van der Waals surface area contributed by atoms with E-state index in [4.69, 9.17) is 27.9 Å². The zero-order valence-corrected chi connectivity index (χ0v) is 20.1. The van der Waals surface area contributed by atoms with Crippen LogP contribution in [0, 0.1) is 0 Å². The fourth-order valence-corrected chi connectivity index (χ4v) is 4.91. The normalized spacial score (nSPS) is 20.3. The van der Waals surface area contributed by atoms with Crippen molar-refractivity contribution in [1.29, 1.82) is 0 Å². The number of benzene rings is 2. The van der Waals surface area contributed by atoms with E-state index in [1.807, 2.05) is 18.2 Å². The van der Waals surface area contributed by atoms with Crippen molar-refractivity contribution in [2.75, 3.05) is 57.3 Å². The Bertz CT molecular complexity index is 1050. The van der Waals surface area contributed by atoms with E-state index in [0.29, 0.717) is 10.0 Å². The Hall–Kier alpha value is -2.09. The number of morpholine rings is 1. The number of H-pyrrole nitrogens is 1.